The molecule has 1 aliphatic heterocycles. The number of para-hydroxylation sites is 1. The molecule has 2 atom stereocenters. The second-order valence-corrected chi connectivity index (χ2v) is 4.70. The van der Waals surface area contributed by atoms with Crippen LogP contribution < -0.4 is 4.74 Å². The second kappa shape index (κ2) is 5.66. The lowest BCUT2D eigenvalue weighted by Crippen LogP contribution is -2.39. The first-order valence-electron chi connectivity index (χ1n) is 6.42. The Morgan fingerprint density at radius 1 is 1.48 bits per heavy atom. The molecule has 1 fully saturated rings. The smallest absolute Gasteiger partial charge is 0.352 e. The number of carbonyl (C=O) groups excluding carboxylic acids is 1. The lowest BCUT2D eigenvalue weighted by atomic mass is 10.1. The molecular weight excluding hydrogens is 282 g/mol. The number of likely N-dealkylation sites (tertiary alicyclic amines) is 1. The van der Waals surface area contributed by atoms with Gasteiger partial charge in [0.25, 0.3) is 5.91 Å². The number of amides is 1. The minimum absolute atomic E-state index is 0.172. The number of halogens is 2. The maximum atomic E-state index is 13.5. The number of aliphatic hydroxyl groups excluding tert-OH is 1. The van der Waals surface area contributed by atoms with E-state index in [1.54, 1.807) is 19.1 Å². The van der Waals surface area contributed by atoms with Crippen LogP contribution in [0.4, 0.5) is 8.78 Å². The summed E-state index contributed by atoms with van der Waals surface area (Å²) in [6.07, 6.45) is -1.88. The molecule has 0 unspecified atom stereocenters. The Bertz CT molecular complexity index is 586. The lowest BCUT2D eigenvalue weighted by Gasteiger charge is -2.24. The molecule has 0 aromatic heterocycles. The Morgan fingerprint density at radius 3 is 2.76 bits per heavy atom. The standard InChI is InChI=1S/C14H14F2N2O3/c1-2-10-12(19)14(15,16)13(20)18(10)8-21-11-6-4-3-5-9(11)7-17/h3-6,10,12,19H,2,8H2,1H3/t10-,12+/m0/s1. The Morgan fingerprint density at radius 2 is 2.14 bits per heavy atom. The quantitative estimate of drug-likeness (QED) is 0.914. The van der Waals surface area contributed by atoms with E-state index in [4.69, 9.17) is 10.00 Å². The summed E-state index contributed by atoms with van der Waals surface area (Å²) in [7, 11) is 0. The summed E-state index contributed by atoms with van der Waals surface area (Å²) < 4.78 is 32.4. The van der Waals surface area contributed by atoms with E-state index in [0.717, 1.165) is 4.90 Å². The van der Waals surface area contributed by atoms with Gasteiger partial charge in [-0.3, -0.25) is 9.69 Å². The van der Waals surface area contributed by atoms with E-state index < -0.39 is 30.7 Å². The third kappa shape index (κ3) is 2.54. The van der Waals surface area contributed by atoms with E-state index in [1.165, 1.54) is 12.1 Å². The van der Waals surface area contributed by atoms with Crippen LogP contribution in [-0.2, 0) is 4.79 Å². The fourth-order valence-electron chi connectivity index (χ4n) is 2.30. The number of hydrogen-bond donors (Lipinski definition) is 1. The third-order valence-corrected chi connectivity index (χ3v) is 3.47. The zero-order chi connectivity index (χ0) is 15.6. The van der Waals surface area contributed by atoms with Crippen molar-refractivity contribution in [2.24, 2.45) is 0 Å². The minimum atomic E-state index is -3.81. The number of benzene rings is 1. The molecule has 0 aliphatic carbocycles. The zero-order valence-electron chi connectivity index (χ0n) is 11.3. The van der Waals surface area contributed by atoms with Crippen LogP contribution in [0.5, 0.6) is 5.75 Å². The molecular formula is C14H14F2N2O3. The van der Waals surface area contributed by atoms with Crippen molar-refractivity contribution in [1.29, 1.82) is 5.26 Å². The Hall–Kier alpha value is -2.20. The second-order valence-electron chi connectivity index (χ2n) is 4.70. The number of aliphatic hydroxyl groups is 1. The van der Waals surface area contributed by atoms with Crippen molar-refractivity contribution in [3.63, 3.8) is 0 Å². The number of carbonyl (C=O) groups is 1. The predicted molar refractivity (Wildman–Crippen MR) is 68.5 cm³/mol. The topological polar surface area (TPSA) is 73.6 Å². The predicted octanol–water partition coefficient (Wildman–Crippen LogP) is 1.51. The number of nitriles is 1. The first-order chi connectivity index (χ1) is 9.93. The number of rotatable bonds is 4. The van der Waals surface area contributed by atoms with E-state index in [2.05, 4.69) is 0 Å². The summed E-state index contributed by atoms with van der Waals surface area (Å²) in [6, 6.07) is 7.18. The van der Waals surface area contributed by atoms with Crippen LogP contribution in [0, 0.1) is 11.3 Å². The van der Waals surface area contributed by atoms with Gasteiger partial charge in [0.1, 0.15) is 17.9 Å². The minimum Gasteiger partial charge on any atom is -0.472 e. The highest BCUT2D eigenvalue weighted by atomic mass is 19.3. The Kier molecular flexibility index (Phi) is 4.09. The van der Waals surface area contributed by atoms with Crippen LogP contribution in [0.25, 0.3) is 0 Å². The average Bonchev–Trinajstić information content (AvgIpc) is 2.65. The Balaban J connectivity index is 2.16. The highest BCUT2D eigenvalue weighted by Crippen LogP contribution is 2.35. The fraction of sp³-hybridized carbons (Fsp3) is 0.429. The van der Waals surface area contributed by atoms with Gasteiger partial charge in [-0.1, -0.05) is 19.1 Å². The molecule has 1 heterocycles. The van der Waals surface area contributed by atoms with Gasteiger partial charge < -0.3 is 9.84 Å². The van der Waals surface area contributed by atoms with Gasteiger partial charge in [0.2, 0.25) is 0 Å². The summed E-state index contributed by atoms with van der Waals surface area (Å²) in [4.78, 5) is 12.5. The van der Waals surface area contributed by atoms with Gasteiger partial charge in [-0.25, -0.2) is 0 Å². The molecule has 1 aromatic rings. The SMILES string of the molecule is CC[C@H]1[C@@H](O)C(F)(F)C(=O)N1COc1ccccc1C#N. The molecule has 7 heteroatoms. The molecule has 5 nitrogen and oxygen atoms in total. The van der Waals surface area contributed by atoms with Crippen molar-refractivity contribution in [3.8, 4) is 11.8 Å². The first kappa shape index (κ1) is 15.2. The molecule has 0 radical (unpaired) electrons. The average molecular weight is 296 g/mol. The van der Waals surface area contributed by atoms with Crippen molar-refractivity contribution < 1.29 is 23.4 Å². The number of hydrogen-bond acceptors (Lipinski definition) is 4. The summed E-state index contributed by atoms with van der Waals surface area (Å²) in [6.45, 7) is 1.15. The van der Waals surface area contributed by atoms with E-state index in [-0.39, 0.29) is 17.7 Å². The molecule has 1 aromatic carbocycles. The van der Waals surface area contributed by atoms with Crippen LogP contribution in [0.1, 0.15) is 18.9 Å². The van der Waals surface area contributed by atoms with Crippen molar-refractivity contribution in [3.05, 3.63) is 29.8 Å². The molecule has 0 saturated carbocycles. The highest BCUT2D eigenvalue weighted by molar-refractivity contribution is 5.87. The van der Waals surface area contributed by atoms with E-state index in [0.29, 0.717) is 0 Å². The molecule has 1 N–H and O–H groups in total. The van der Waals surface area contributed by atoms with Crippen LogP contribution in [0.15, 0.2) is 24.3 Å². The molecule has 21 heavy (non-hydrogen) atoms. The van der Waals surface area contributed by atoms with Gasteiger partial charge in [-0.05, 0) is 18.6 Å². The summed E-state index contributed by atoms with van der Waals surface area (Å²) >= 11 is 0. The monoisotopic (exact) mass is 296 g/mol. The van der Waals surface area contributed by atoms with Crippen molar-refractivity contribution >= 4 is 5.91 Å². The number of nitrogens with zero attached hydrogens (tertiary/aromatic N) is 2. The maximum absolute atomic E-state index is 13.5. The molecule has 2 rings (SSSR count). The maximum Gasteiger partial charge on any atom is 0.352 e. The number of ether oxygens (including phenoxy) is 1. The zero-order valence-corrected chi connectivity index (χ0v) is 11.3. The van der Waals surface area contributed by atoms with E-state index in [1.807, 2.05) is 6.07 Å². The summed E-state index contributed by atoms with van der Waals surface area (Å²) in [5.74, 6) is -5.07. The van der Waals surface area contributed by atoms with Crippen molar-refractivity contribution in [2.75, 3.05) is 6.73 Å². The number of alkyl halides is 2. The van der Waals surface area contributed by atoms with Gasteiger partial charge in [-0.15, -0.1) is 0 Å². The third-order valence-electron chi connectivity index (χ3n) is 3.47. The van der Waals surface area contributed by atoms with Gasteiger partial charge in [0, 0.05) is 0 Å². The molecule has 1 aliphatic rings. The molecule has 0 spiro atoms. The van der Waals surface area contributed by atoms with Gasteiger partial charge in [0.15, 0.2) is 6.73 Å². The largest absolute Gasteiger partial charge is 0.472 e. The van der Waals surface area contributed by atoms with Crippen LogP contribution in [0.3, 0.4) is 0 Å². The Labute approximate surface area is 120 Å². The highest BCUT2D eigenvalue weighted by Gasteiger charge is 2.60. The molecule has 1 saturated heterocycles. The van der Waals surface area contributed by atoms with E-state index in [9.17, 15) is 18.7 Å². The van der Waals surface area contributed by atoms with Gasteiger partial charge in [0.05, 0.1) is 11.6 Å². The van der Waals surface area contributed by atoms with Gasteiger partial charge in [-0.2, -0.15) is 14.0 Å². The summed E-state index contributed by atoms with van der Waals surface area (Å²) in [5.41, 5.74) is 0.240. The normalized spacial score (nSPS) is 24.0. The molecule has 112 valence electrons. The van der Waals surface area contributed by atoms with Crippen molar-refractivity contribution in [1.82, 2.24) is 4.90 Å². The van der Waals surface area contributed by atoms with Crippen LogP contribution >= 0.6 is 0 Å². The molecule has 1 amide bonds. The van der Waals surface area contributed by atoms with Crippen molar-refractivity contribution in [2.45, 2.75) is 31.4 Å². The lowest BCUT2D eigenvalue weighted by molar-refractivity contribution is -0.156. The summed E-state index contributed by atoms with van der Waals surface area (Å²) in [5, 5.41) is 18.5. The van der Waals surface area contributed by atoms with E-state index >= 15 is 0 Å². The van der Waals surface area contributed by atoms with Crippen LogP contribution in [-0.4, -0.2) is 40.7 Å². The van der Waals surface area contributed by atoms with Gasteiger partial charge >= 0.3 is 5.92 Å². The van der Waals surface area contributed by atoms with Crippen LogP contribution in [0.2, 0.25) is 0 Å². The fourth-order valence-corrected chi connectivity index (χ4v) is 2.30. The molecule has 0 bridgehead atoms. The first-order valence-corrected chi connectivity index (χ1v) is 6.42.